The van der Waals surface area contributed by atoms with Gasteiger partial charge in [-0.05, 0) is 184 Å². The van der Waals surface area contributed by atoms with E-state index in [4.69, 9.17) is 39.9 Å². The average molecular weight is 1500 g/mol. The van der Waals surface area contributed by atoms with Crippen LogP contribution in [0, 0.1) is 13.8 Å². The molecule has 0 atom stereocenters. The van der Waals surface area contributed by atoms with Gasteiger partial charge >= 0.3 is 0 Å². The molecule has 0 saturated carbocycles. The minimum Gasteiger partial charge on any atom is -0.256 e. The van der Waals surface area contributed by atoms with Crippen molar-refractivity contribution in [3.63, 3.8) is 0 Å². The Balaban J connectivity index is 0.640. The van der Waals surface area contributed by atoms with E-state index in [1.165, 1.54) is 64.6 Å². The normalized spacial score (nSPS) is 12.0. The molecule has 0 bridgehead atoms. The standard InChI is InChI=1S/C110H66N8/c1-63-56-79(87-21-9-18-75-20-11-55-111-104(75)87)41-46-84(63)107-94-61-82(86-48-37-73-31-29-69-14-7-16-71-39-50-90(86)102(73)100(69)71)60-92(89-49-38-74-32-30-70-15-8-17-72-40-51-91(89)103(74)101(70)72)108(94)118-110(117-107)85-47-42-80(57-64(85)2)88-22-10-19-81-58-83(62-112-105(81)88)78-45-54-99-93(59-78)106(76-33-25-67(26-34-76)97-52-43-65-12-3-5-23-95(65)113-97)116-109(115-99)77-35-27-68(28-36-77)98-53-44-66-13-4-6-24-96(66)114-98/h3-62H,1-2H3. The molecule has 0 aliphatic carbocycles. The molecule has 0 spiro atoms. The lowest BCUT2D eigenvalue weighted by atomic mass is 9.86. The maximum atomic E-state index is 5.92. The van der Waals surface area contributed by atoms with Crippen molar-refractivity contribution in [1.82, 2.24) is 39.9 Å². The number of hydrogen-bond donors (Lipinski definition) is 0. The van der Waals surface area contributed by atoms with Crippen LogP contribution in [0.15, 0.2) is 364 Å². The Bertz CT molecular complexity index is 8300. The van der Waals surface area contributed by atoms with E-state index in [-0.39, 0.29) is 0 Å². The molecule has 0 amide bonds. The van der Waals surface area contributed by atoms with Crippen LogP contribution in [0.25, 0.3) is 253 Å². The topological polar surface area (TPSA) is 103 Å². The van der Waals surface area contributed by atoms with Gasteiger partial charge in [-0.3, -0.25) is 9.97 Å². The van der Waals surface area contributed by atoms with Crippen LogP contribution in [0.5, 0.6) is 0 Å². The smallest absolute Gasteiger partial charge is 0.160 e. The van der Waals surface area contributed by atoms with Crippen molar-refractivity contribution < 1.29 is 0 Å². The molecule has 0 aliphatic rings. The summed E-state index contributed by atoms with van der Waals surface area (Å²) in [4.78, 5) is 42.9. The lowest BCUT2D eigenvalue weighted by molar-refractivity contribution is 1.21. The molecule has 118 heavy (non-hydrogen) atoms. The SMILES string of the molecule is Cc1cc(-c2cccc3cc(-c4ccc5nc(-c6ccc(-c7ccc8ccccc8n7)cc6)nc(-c6ccc(-c7ccc8ccccc8n7)cc6)c5c4)cnc23)ccc1-c1nc(-c2ccc(-c3cccc4cccnc34)cc2C)c2cc(-c3ccc4ccc5cccc6ccc3c4c56)cc(-c3ccc4ccc5cccc6ccc3c4c56)c2n1. The van der Waals surface area contributed by atoms with E-state index in [0.717, 1.165) is 188 Å². The number of nitrogens with zero attached hydrogens (tertiary/aromatic N) is 8. The van der Waals surface area contributed by atoms with Crippen molar-refractivity contribution in [2.24, 2.45) is 0 Å². The number of aryl methyl sites for hydroxylation is 2. The number of para-hydroxylation sites is 4. The van der Waals surface area contributed by atoms with Gasteiger partial charge < -0.3 is 0 Å². The molecule has 0 fully saturated rings. The molecular formula is C110H66N8. The zero-order chi connectivity index (χ0) is 77.8. The predicted molar refractivity (Wildman–Crippen MR) is 491 cm³/mol. The van der Waals surface area contributed by atoms with Crippen LogP contribution in [0.4, 0.5) is 0 Å². The van der Waals surface area contributed by atoms with E-state index >= 15 is 0 Å². The largest absolute Gasteiger partial charge is 0.256 e. The summed E-state index contributed by atoms with van der Waals surface area (Å²) >= 11 is 0. The summed E-state index contributed by atoms with van der Waals surface area (Å²) < 4.78 is 0. The van der Waals surface area contributed by atoms with Gasteiger partial charge in [0.1, 0.15) is 0 Å². The lowest BCUT2D eigenvalue weighted by Gasteiger charge is -2.20. The number of hydrogen-bond acceptors (Lipinski definition) is 8. The number of aromatic nitrogens is 8. The van der Waals surface area contributed by atoms with Crippen molar-refractivity contribution in [2.75, 3.05) is 0 Å². The summed E-state index contributed by atoms with van der Waals surface area (Å²) in [6.07, 6.45) is 3.89. The minimum absolute atomic E-state index is 0.634. The maximum Gasteiger partial charge on any atom is 0.160 e. The molecule has 0 aliphatic heterocycles. The van der Waals surface area contributed by atoms with Gasteiger partial charge in [-0.15, -0.1) is 0 Å². The van der Waals surface area contributed by atoms with Crippen molar-refractivity contribution in [1.29, 1.82) is 0 Å². The van der Waals surface area contributed by atoms with E-state index < -0.39 is 0 Å². The second kappa shape index (κ2) is 26.5. The van der Waals surface area contributed by atoms with Crippen LogP contribution in [-0.2, 0) is 0 Å². The first-order valence-electron chi connectivity index (χ1n) is 40.1. The highest BCUT2D eigenvalue weighted by Gasteiger charge is 2.25. The van der Waals surface area contributed by atoms with E-state index in [9.17, 15) is 0 Å². The fourth-order valence-corrected chi connectivity index (χ4v) is 18.6. The summed E-state index contributed by atoms with van der Waals surface area (Å²) in [6.45, 7) is 4.41. The Morgan fingerprint density at radius 1 is 0.195 bits per heavy atom. The van der Waals surface area contributed by atoms with Crippen LogP contribution < -0.4 is 0 Å². The summed E-state index contributed by atoms with van der Waals surface area (Å²) in [5, 5.41) is 21.0. The molecule has 8 heteroatoms. The third-order valence-electron chi connectivity index (χ3n) is 24.5. The van der Waals surface area contributed by atoms with E-state index in [1.807, 2.05) is 42.7 Å². The van der Waals surface area contributed by atoms with Gasteiger partial charge in [-0.2, -0.15) is 0 Å². The van der Waals surface area contributed by atoms with Gasteiger partial charge in [0, 0.05) is 100 Å². The fourth-order valence-electron chi connectivity index (χ4n) is 18.6. The van der Waals surface area contributed by atoms with Gasteiger partial charge in [0.15, 0.2) is 11.6 Å². The third kappa shape index (κ3) is 10.9. The summed E-state index contributed by atoms with van der Waals surface area (Å²) in [5.74, 6) is 1.28. The average Bonchev–Trinajstić information content (AvgIpc) is 0.724. The van der Waals surface area contributed by atoms with Gasteiger partial charge in [0.05, 0.1) is 55.9 Å². The molecule has 0 N–H and O–H groups in total. The molecule has 24 rings (SSSR count). The summed E-state index contributed by atoms with van der Waals surface area (Å²) in [6, 6.07) is 127. The zero-order valence-electron chi connectivity index (χ0n) is 64.2. The number of fused-ring (bicyclic) bond motifs is 6. The summed E-state index contributed by atoms with van der Waals surface area (Å²) in [7, 11) is 0. The fraction of sp³-hybridized carbons (Fsp3) is 0.0182. The highest BCUT2D eigenvalue weighted by molar-refractivity contribution is 6.28. The first kappa shape index (κ1) is 66.9. The predicted octanol–water partition coefficient (Wildman–Crippen LogP) is 28.5. The molecule has 546 valence electrons. The second-order valence-corrected chi connectivity index (χ2v) is 31.4. The van der Waals surface area contributed by atoms with Gasteiger partial charge in [0.2, 0.25) is 0 Å². The monoisotopic (exact) mass is 1500 g/mol. The molecule has 8 nitrogen and oxygen atoms in total. The van der Waals surface area contributed by atoms with Crippen LogP contribution >= 0.6 is 0 Å². The molecular weight excluding hydrogens is 1430 g/mol. The molecule has 6 aromatic heterocycles. The number of pyridine rings is 4. The molecule has 18 aromatic carbocycles. The zero-order valence-corrected chi connectivity index (χ0v) is 64.2. The van der Waals surface area contributed by atoms with Crippen LogP contribution in [0.1, 0.15) is 11.1 Å². The van der Waals surface area contributed by atoms with E-state index in [2.05, 4.69) is 335 Å². The van der Waals surface area contributed by atoms with Crippen molar-refractivity contribution >= 4 is 130 Å². The van der Waals surface area contributed by atoms with Gasteiger partial charge in [0.25, 0.3) is 0 Å². The van der Waals surface area contributed by atoms with Crippen LogP contribution in [0.2, 0.25) is 0 Å². The van der Waals surface area contributed by atoms with Crippen LogP contribution in [0.3, 0.4) is 0 Å². The molecule has 0 saturated heterocycles. The molecule has 0 radical (unpaired) electrons. The van der Waals surface area contributed by atoms with E-state index in [0.29, 0.717) is 11.6 Å². The van der Waals surface area contributed by atoms with Crippen molar-refractivity contribution in [3.8, 4) is 123 Å². The molecule has 0 unspecified atom stereocenters. The minimum atomic E-state index is 0.634. The third-order valence-corrected chi connectivity index (χ3v) is 24.5. The summed E-state index contributed by atoms with van der Waals surface area (Å²) in [5.41, 5.74) is 27.6. The first-order valence-corrected chi connectivity index (χ1v) is 40.1. The number of rotatable bonds is 11. The lowest BCUT2D eigenvalue weighted by Crippen LogP contribution is -2.01. The second-order valence-electron chi connectivity index (χ2n) is 31.4. The Labute approximate surface area is 678 Å². The van der Waals surface area contributed by atoms with Crippen molar-refractivity contribution in [2.45, 2.75) is 13.8 Å². The first-order chi connectivity index (χ1) is 58.2. The quantitative estimate of drug-likeness (QED) is 0.118. The number of benzene rings is 18. The highest BCUT2D eigenvalue weighted by atomic mass is 14.9. The van der Waals surface area contributed by atoms with E-state index in [1.54, 1.807) is 0 Å². The highest BCUT2D eigenvalue weighted by Crippen LogP contribution is 2.49. The Morgan fingerprint density at radius 2 is 0.669 bits per heavy atom. The van der Waals surface area contributed by atoms with Gasteiger partial charge in [-0.25, -0.2) is 29.9 Å². The molecule has 6 heterocycles. The van der Waals surface area contributed by atoms with Crippen molar-refractivity contribution in [3.05, 3.63) is 375 Å². The Morgan fingerprint density at radius 3 is 1.31 bits per heavy atom. The van der Waals surface area contributed by atoms with Gasteiger partial charge in [-0.1, -0.05) is 291 Å². The Hall–Kier alpha value is -15.6. The van der Waals surface area contributed by atoms with Crippen LogP contribution in [-0.4, -0.2) is 39.9 Å². The molecule has 24 aromatic rings. The Kier molecular flexibility index (Phi) is 15.0. The maximum absolute atomic E-state index is 5.92.